The van der Waals surface area contributed by atoms with E-state index < -0.39 is 6.17 Å². The molecule has 3 N–H and O–H groups in total. The van der Waals surface area contributed by atoms with Gasteiger partial charge in [-0.2, -0.15) is 9.97 Å². The van der Waals surface area contributed by atoms with Crippen LogP contribution in [0.4, 0.5) is 10.1 Å². The topological polar surface area (TPSA) is 124 Å². The van der Waals surface area contributed by atoms with Crippen molar-refractivity contribution in [1.82, 2.24) is 25.3 Å². The third kappa shape index (κ3) is 4.75. The Kier molecular flexibility index (Phi) is 7.16. The summed E-state index contributed by atoms with van der Waals surface area (Å²) < 4.78 is 33.2. The molecule has 2 fully saturated rings. The van der Waals surface area contributed by atoms with E-state index in [4.69, 9.17) is 29.7 Å². The summed E-state index contributed by atoms with van der Waals surface area (Å²) >= 11 is 0. The molecular weight excluding hydrogens is 561 g/mol. The molecule has 2 aliphatic carbocycles. The van der Waals surface area contributed by atoms with Crippen LogP contribution in [0.5, 0.6) is 11.8 Å². The minimum absolute atomic E-state index is 0.0575. The largest absolute Gasteiger partial charge is 0.473 e. The van der Waals surface area contributed by atoms with Crippen LogP contribution in [0.2, 0.25) is 0 Å². The van der Waals surface area contributed by atoms with Crippen molar-refractivity contribution in [1.29, 1.82) is 0 Å². The van der Waals surface area contributed by atoms with Gasteiger partial charge in [0.05, 0.1) is 17.0 Å². The average molecular weight is 604 g/mol. The molecule has 2 saturated heterocycles. The van der Waals surface area contributed by atoms with Crippen molar-refractivity contribution in [3.63, 3.8) is 0 Å². The Morgan fingerprint density at radius 3 is 2.75 bits per heavy atom. The number of nitrogens with one attached hydrogen (secondary N) is 1. The molecule has 0 radical (unpaired) electrons. The second-order valence-electron chi connectivity index (χ2n) is 13.5. The highest BCUT2D eigenvalue weighted by Crippen LogP contribution is 2.54. The minimum atomic E-state index is -0.863. The standard InChI is InChI=1S/C33H42FN7O3/c1-18(24-13-20(34)17-41(24)5)42-26-14-27(43-25-16-37-32(25,2)3)39-31(38-26)29-21-7-6-11-33(30(21)44-40-29)12-10-19-8-9-23(35)22(15-36-4)28(19)33/h8-9,14-15,18,20,24-25,37H,6-7,10-13,16-17,35H2,1-5H3/t18-,20+,24-,25+,33-/m0/s1. The van der Waals surface area contributed by atoms with E-state index in [0.29, 0.717) is 41.9 Å². The summed E-state index contributed by atoms with van der Waals surface area (Å²) in [4.78, 5) is 16.0. The lowest BCUT2D eigenvalue weighted by atomic mass is 9.68. The zero-order chi connectivity index (χ0) is 30.8. The van der Waals surface area contributed by atoms with Gasteiger partial charge in [0.15, 0.2) is 17.3 Å². The number of aryl methyl sites for hydroxylation is 1. The van der Waals surface area contributed by atoms with Crippen LogP contribution in [0.15, 0.2) is 27.7 Å². The van der Waals surface area contributed by atoms with Crippen LogP contribution < -0.4 is 20.5 Å². The molecule has 4 aliphatic rings. The fraction of sp³-hybridized carbons (Fsp3) is 0.576. The van der Waals surface area contributed by atoms with E-state index in [1.807, 2.05) is 31.2 Å². The number of likely N-dealkylation sites (tertiary alicyclic amines) is 1. The van der Waals surface area contributed by atoms with Crippen LogP contribution in [0.3, 0.4) is 0 Å². The maximum Gasteiger partial charge on any atom is 0.221 e. The monoisotopic (exact) mass is 603 g/mol. The third-order valence-electron chi connectivity index (χ3n) is 10.3. The molecule has 1 spiro atoms. The van der Waals surface area contributed by atoms with Crippen LogP contribution in [0, 0.1) is 0 Å². The molecule has 2 aromatic heterocycles. The number of hydrogen-bond acceptors (Lipinski definition) is 10. The molecule has 234 valence electrons. The number of halogens is 1. The number of aliphatic imine (C=N–C) groups is 1. The van der Waals surface area contributed by atoms with Gasteiger partial charge in [-0.3, -0.25) is 9.89 Å². The van der Waals surface area contributed by atoms with E-state index in [0.717, 1.165) is 55.5 Å². The number of hydrogen-bond donors (Lipinski definition) is 2. The van der Waals surface area contributed by atoms with E-state index in [2.05, 4.69) is 35.4 Å². The normalized spacial score (nSPS) is 28.2. The van der Waals surface area contributed by atoms with Crippen molar-refractivity contribution >= 4 is 11.9 Å². The number of benzene rings is 1. The van der Waals surface area contributed by atoms with Gasteiger partial charge in [-0.15, -0.1) is 0 Å². The van der Waals surface area contributed by atoms with Crippen LogP contribution in [0.25, 0.3) is 11.5 Å². The number of ether oxygens (including phenoxy) is 2. The second kappa shape index (κ2) is 10.8. The SMILES string of the molecule is CN=Cc1c(N)ccc2c1[C@]1(CCCc3c(-c4nc(O[C@@H](C)[C@@H]5C[C@@H](F)CN5C)cc(O[C@@H]5CNC5(C)C)n4)noc31)CC2. The van der Waals surface area contributed by atoms with Crippen molar-refractivity contribution in [3.05, 3.63) is 46.2 Å². The van der Waals surface area contributed by atoms with Gasteiger partial charge >= 0.3 is 0 Å². The van der Waals surface area contributed by atoms with Gasteiger partial charge in [-0.1, -0.05) is 11.2 Å². The van der Waals surface area contributed by atoms with Gasteiger partial charge in [0.1, 0.15) is 18.4 Å². The van der Waals surface area contributed by atoms with Gasteiger partial charge in [-0.25, -0.2) is 4.39 Å². The number of alkyl halides is 1. The summed E-state index contributed by atoms with van der Waals surface area (Å²) in [6, 6.07) is 5.79. The Bertz CT molecular complexity index is 1610. The number of nitrogen functional groups attached to an aromatic ring is 1. The first-order chi connectivity index (χ1) is 21.1. The van der Waals surface area contributed by atoms with Crippen molar-refractivity contribution in [2.24, 2.45) is 4.99 Å². The molecule has 0 amide bonds. The number of rotatable bonds is 7. The number of likely N-dealkylation sites (N-methyl/N-ethyl adjacent to an activating group) is 1. The third-order valence-corrected chi connectivity index (χ3v) is 10.3. The fourth-order valence-electron chi connectivity index (χ4n) is 7.79. The number of aromatic nitrogens is 3. The van der Waals surface area contributed by atoms with E-state index in [1.54, 1.807) is 13.1 Å². The zero-order valence-electron chi connectivity index (χ0n) is 26.2. The van der Waals surface area contributed by atoms with Crippen LogP contribution in [-0.4, -0.2) is 83.4 Å². The van der Waals surface area contributed by atoms with Gasteiger partial charge in [0.25, 0.3) is 0 Å². The lowest BCUT2D eigenvalue weighted by Gasteiger charge is -2.44. The van der Waals surface area contributed by atoms with Gasteiger partial charge < -0.3 is 25.0 Å². The molecule has 44 heavy (non-hydrogen) atoms. The first kappa shape index (κ1) is 29.2. The van der Waals surface area contributed by atoms with E-state index in [-0.39, 0.29) is 29.2 Å². The lowest BCUT2D eigenvalue weighted by molar-refractivity contribution is 0.0261. The molecule has 3 aromatic rings. The lowest BCUT2D eigenvalue weighted by Crippen LogP contribution is -2.67. The summed E-state index contributed by atoms with van der Waals surface area (Å²) in [5.74, 6) is 2.07. The van der Waals surface area contributed by atoms with Gasteiger partial charge in [0.2, 0.25) is 11.8 Å². The summed E-state index contributed by atoms with van der Waals surface area (Å²) in [6.45, 7) is 7.28. The maximum atomic E-state index is 14.2. The molecular formula is C33H42FN7O3. The van der Waals surface area contributed by atoms with Crippen LogP contribution >= 0.6 is 0 Å². The number of anilines is 1. The first-order valence-electron chi connectivity index (χ1n) is 15.7. The minimum Gasteiger partial charge on any atom is -0.473 e. The molecule has 0 unspecified atom stereocenters. The predicted molar refractivity (Wildman–Crippen MR) is 166 cm³/mol. The number of fused-ring (bicyclic) bond motifs is 4. The van der Waals surface area contributed by atoms with Crippen LogP contribution in [0.1, 0.15) is 74.5 Å². The molecule has 7 rings (SSSR count). The summed E-state index contributed by atoms with van der Waals surface area (Å²) in [5, 5.41) is 8.01. The Morgan fingerprint density at radius 2 is 2.05 bits per heavy atom. The first-order valence-corrected chi connectivity index (χ1v) is 15.7. The van der Waals surface area contributed by atoms with E-state index in [1.165, 1.54) is 11.1 Å². The van der Waals surface area contributed by atoms with Crippen molar-refractivity contribution in [3.8, 4) is 23.3 Å². The molecule has 0 bridgehead atoms. The number of nitrogens with two attached hydrogens (primary N) is 1. The number of nitrogens with zero attached hydrogens (tertiary/aromatic N) is 5. The Labute approximate surface area is 257 Å². The molecule has 4 heterocycles. The van der Waals surface area contributed by atoms with Gasteiger partial charge in [-0.05, 0) is 83.5 Å². The second-order valence-corrected chi connectivity index (χ2v) is 13.5. The Balaban J connectivity index is 1.28. The fourth-order valence-corrected chi connectivity index (χ4v) is 7.79. The highest BCUT2D eigenvalue weighted by molar-refractivity contribution is 5.91. The average Bonchev–Trinajstić information content (AvgIpc) is 3.68. The van der Waals surface area contributed by atoms with Gasteiger partial charge in [0, 0.05) is 49.2 Å². The summed E-state index contributed by atoms with van der Waals surface area (Å²) in [5.41, 5.74) is 11.8. The molecule has 10 nitrogen and oxygen atoms in total. The highest BCUT2D eigenvalue weighted by atomic mass is 19.1. The highest BCUT2D eigenvalue weighted by Gasteiger charge is 2.49. The van der Waals surface area contributed by atoms with E-state index in [9.17, 15) is 4.39 Å². The predicted octanol–water partition coefficient (Wildman–Crippen LogP) is 4.27. The molecule has 5 atom stereocenters. The summed E-state index contributed by atoms with van der Waals surface area (Å²) in [7, 11) is 3.70. The zero-order valence-corrected chi connectivity index (χ0v) is 26.2. The molecule has 1 aromatic carbocycles. The smallest absolute Gasteiger partial charge is 0.221 e. The molecule has 2 aliphatic heterocycles. The maximum absolute atomic E-state index is 14.2. The van der Waals surface area contributed by atoms with Crippen molar-refractivity contribution in [2.45, 2.75) is 94.7 Å². The van der Waals surface area contributed by atoms with E-state index >= 15 is 0 Å². The van der Waals surface area contributed by atoms with Crippen molar-refractivity contribution in [2.75, 3.05) is 32.9 Å². The summed E-state index contributed by atoms with van der Waals surface area (Å²) in [6.07, 6.45) is 5.66. The Morgan fingerprint density at radius 1 is 1.23 bits per heavy atom. The molecule has 0 saturated carbocycles. The van der Waals surface area contributed by atoms with Crippen molar-refractivity contribution < 1.29 is 18.4 Å². The van der Waals surface area contributed by atoms with Crippen LogP contribution in [-0.2, 0) is 18.3 Å². The Hall–Kier alpha value is -3.57. The molecule has 11 heteroatoms. The quantitative estimate of drug-likeness (QED) is 0.301.